The van der Waals surface area contributed by atoms with Crippen molar-refractivity contribution in [2.75, 3.05) is 13.7 Å². The Labute approximate surface area is 250 Å². The van der Waals surface area contributed by atoms with Gasteiger partial charge in [0.1, 0.15) is 5.60 Å². The topological polar surface area (TPSA) is 65.0 Å². The molecule has 0 bridgehead atoms. The smallest absolute Gasteiger partial charge is 0.335 e. The van der Waals surface area contributed by atoms with Gasteiger partial charge >= 0.3 is 5.97 Å². The zero-order chi connectivity index (χ0) is 30.0. The lowest BCUT2D eigenvalue weighted by Crippen LogP contribution is -2.67. The summed E-state index contributed by atoms with van der Waals surface area (Å²) in [5.41, 5.74) is 1.90. The fraction of sp³-hybridized carbons (Fsp3) is 0.306. The maximum Gasteiger partial charge on any atom is 0.335 e. The maximum atomic E-state index is 12.6. The number of benzene rings is 4. The maximum absolute atomic E-state index is 12.6. The van der Waals surface area contributed by atoms with Gasteiger partial charge < -0.3 is 19.0 Å². The molecule has 42 heavy (non-hydrogen) atoms. The third-order valence-electron chi connectivity index (χ3n) is 8.68. The van der Waals surface area contributed by atoms with Gasteiger partial charge in [0.05, 0.1) is 12.2 Å². The highest BCUT2D eigenvalue weighted by molar-refractivity contribution is 6.99. The molecule has 3 atom stereocenters. The predicted octanol–water partition coefficient (Wildman–Crippen LogP) is 6.64. The molecule has 5 nitrogen and oxygen atoms in total. The average Bonchev–Trinajstić information content (AvgIpc) is 3.37. The van der Waals surface area contributed by atoms with Gasteiger partial charge in [-0.1, -0.05) is 124 Å². The monoisotopic (exact) mass is 580 g/mol. The fourth-order valence-electron chi connectivity index (χ4n) is 6.76. The molecule has 1 saturated heterocycles. The quantitative estimate of drug-likeness (QED) is 0.225. The molecular formula is C36H40O5Si. The van der Waals surface area contributed by atoms with Crippen LogP contribution in [0.4, 0.5) is 0 Å². The van der Waals surface area contributed by atoms with Gasteiger partial charge in [0, 0.05) is 19.4 Å². The summed E-state index contributed by atoms with van der Waals surface area (Å²) in [6, 6.07) is 36.6. The van der Waals surface area contributed by atoms with Crippen LogP contribution in [0.15, 0.2) is 109 Å². The molecule has 0 spiro atoms. The summed E-state index contributed by atoms with van der Waals surface area (Å²) < 4.78 is 20.2. The number of methoxy groups -OCH3 is 1. The van der Waals surface area contributed by atoms with E-state index in [-0.39, 0.29) is 23.1 Å². The van der Waals surface area contributed by atoms with Crippen LogP contribution in [0, 0.1) is 6.92 Å². The van der Waals surface area contributed by atoms with Crippen LogP contribution in [0.2, 0.25) is 5.04 Å². The van der Waals surface area contributed by atoms with E-state index >= 15 is 0 Å². The highest BCUT2D eigenvalue weighted by Gasteiger charge is 2.56. The Bertz CT molecular complexity index is 1460. The molecule has 4 aromatic carbocycles. The highest BCUT2D eigenvalue weighted by atomic mass is 28.4. The summed E-state index contributed by atoms with van der Waals surface area (Å²) in [7, 11) is -1.31. The van der Waals surface area contributed by atoms with Crippen LogP contribution in [0.3, 0.4) is 0 Å². The number of hydrogen-bond acceptors (Lipinski definition) is 4. The number of carboxylic acids is 1. The molecule has 1 aliphatic rings. The molecule has 4 aromatic rings. The molecule has 1 fully saturated rings. The van der Waals surface area contributed by atoms with Crippen LogP contribution in [-0.4, -0.2) is 39.4 Å². The Morgan fingerprint density at radius 1 is 0.881 bits per heavy atom. The predicted molar refractivity (Wildman–Crippen MR) is 169 cm³/mol. The van der Waals surface area contributed by atoms with Crippen molar-refractivity contribution in [3.8, 4) is 0 Å². The lowest BCUT2D eigenvalue weighted by molar-refractivity contribution is -0.171. The van der Waals surface area contributed by atoms with Crippen LogP contribution < -0.4 is 10.4 Å². The third kappa shape index (κ3) is 5.24. The average molecular weight is 581 g/mol. The summed E-state index contributed by atoms with van der Waals surface area (Å²) in [5, 5.41) is 12.4. The first-order valence-electron chi connectivity index (χ1n) is 14.5. The molecule has 0 aliphatic carbocycles. The molecule has 218 valence electrons. The molecule has 1 unspecified atom stereocenters. The van der Waals surface area contributed by atoms with Gasteiger partial charge in [-0.2, -0.15) is 0 Å². The van der Waals surface area contributed by atoms with Crippen LogP contribution in [-0.2, 0) is 19.5 Å². The van der Waals surface area contributed by atoms with Crippen LogP contribution in [0.25, 0.3) is 0 Å². The summed E-state index contributed by atoms with van der Waals surface area (Å²) in [6.45, 7) is 8.96. The first-order chi connectivity index (χ1) is 20.1. The Morgan fingerprint density at radius 2 is 1.43 bits per heavy atom. The standard InChI is InChI=1S/C36H40O5Si/c1-26-16-15-23-30(34(37)38)33(26)31-24-32(39-5)41-36(31,27-17-9-6-10-18-27)25-40-42(35(2,3)4,28-19-11-7-12-20-28)29-21-13-8-14-22-29/h6-23,31-32H,24-25H2,1-5H3,(H,37,38)/t31-,32?,36-/m0/s1. The van der Waals surface area contributed by atoms with E-state index in [1.54, 1.807) is 19.2 Å². The third-order valence-corrected chi connectivity index (χ3v) is 13.7. The molecule has 1 aliphatic heterocycles. The summed E-state index contributed by atoms with van der Waals surface area (Å²) in [6.07, 6.45) is -0.0279. The van der Waals surface area contributed by atoms with Crippen molar-refractivity contribution >= 4 is 24.7 Å². The van der Waals surface area contributed by atoms with Crippen molar-refractivity contribution < 1.29 is 23.8 Å². The zero-order valence-corrected chi connectivity index (χ0v) is 26.0. The molecule has 0 amide bonds. The lowest BCUT2D eigenvalue weighted by atomic mass is 9.75. The first-order valence-corrected chi connectivity index (χ1v) is 16.4. The van der Waals surface area contributed by atoms with E-state index in [1.807, 2.05) is 43.3 Å². The van der Waals surface area contributed by atoms with Gasteiger partial charge in [0.15, 0.2) is 6.29 Å². The summed E-state index contributed by atoms with van der Waals surface area (Å²) >= 11 is 0. The molecular weight excluding hydrogens is 540 g/mol. The Balaban J connectivity index is 1.74. The SMILES string of the molecule is COC1C[C@@H](c2c(C)cccc2C(=O)O)[C@](CO[Si](c2ccccc2)(c2ccccc2)C(C)(C)C)(c2ccccc2)O1. The van der Waals surface area contributed by atoms with Crippen molar-refractivity contribution in [1.29, 1.82) is 0 Å². The van der Waals surface area contributed by atoms with Crippen molar-refractivity contribution in [3.63, 3.8) is 0 Å². The number of aryl methyl sites for hydroxylation is 1. The Kier molecular flexibility index (Phi) is 8.53. The van der Waals surface area contributed by atoms with Crippen LogP contribution >= 0.6 is 0 Å². The summed E-state index contributed by atoms with van der Waals surface area (Å²) in [5.74, 6) is -1.28. The van der Waals surface area contributed by atoms with Gasteiger partial charge in [-0.05, 0) is 45.1 Å². The van der Waals surface area contributed by atoms with Crippen LogP contribution in [0.5, 0.6) is 0 Å². The van der Waals surface area contributed by atoms with E-state index in [9.17, 15) is 9.90 Å². The van der Waals surface area contributed by atoms with E-state index in [4.69, 9.17) is 13.9 Å². The van der Waals surface area contributed by atoms with E-state index in [2.05, 4.69) is 81.4 Å². The Hall–Kier alpha value is -3.55. The second-order valence-electron chi connectivity index (χ2n) is 12.1. The van der Waals surface area contributed by atoms with Crippen molar-refractivity contribution in [2.24, 2.45) is 0 Å². The molecule has 6 heteroatoms. The largest absolute Gasteiger partial charge is 0.478 e. The van der Waals surface area contributed by atoms with Gasteiger partial charge in [-0.25, -0.2) is 4.79 Å². The number of ether oxygens (including phenoxy) is 2. The highest BCUT2D eigenvalue weighted by Crippen LogP contribution is 2.52. The minimum Gasteiger partial charge on any atom is -0.478 e. The number of aromatic carboxylic acids is 1. The molecule has 1 N–H and O–H groups in total. The first kappa shape index (κ1) is 29.9. The van der Waals surface area contributed by atoms with Gasteiger partial charge in [-0.15, -0.1) is 0 Å². The second-order valence-corrected chi connectivity index (χ2v) is 16.4. The number of carboxylic acid groups (broad SMARTS) is 1. The van der Waals surface area contributed by atoms with Gasteiger partial charge in [-0.3, -0.25) is 0 Å². The van der Waals surface area contributed by atoms with Crippen molar-refractivity contribution in [3.05, 3.63) is 131 Å². The van der Waals surface area contributed by atoms with E-state index in [0.717, 1.165) is 16.7 Å². The van der Waals surface area contributed by atoms with E-state index < -0.39 is 26.2 Å². The molecule has 1 heterocycles. The second kappa shape index (κ2) is 12.0. The minimum atomic E-state index is -2.95. The van der Waals surface area contributed by atoms with Gasteiger partial charge in [0.25, 0.3) is 8.32 Å². The Morgan fingerprint density at radius 3 is 1.93 bits per heavy atom. The van der Waals surface area contributed by atoms with Crippen LogP contribution in [0.1, 0.15) is 60.2 Å². The molecule has 0 aromatic heterocycles. The van der Waals surface area contributed by atoms with Crippen molar-refractivity contribution in [1.82, 2.24) is 0 Å². The molecule has 0 saturated carbocycles. The minimum absolute atomic E-state index is 0.224. The summed E-state index contributed by atoms with van der Waals surface area (Å²) in [4.78, 5) is 12.6. The van der Waals surface area contributed by atoms with E-state index in [0.29, 0.717) is 6.42 Å². The van der Waals surface area contributed by atoms with Gasteiger partial charge in [0.2, 0.25) is 0 Å². The fourth-order valence-corrected chi connectivity index (χ4v) is 11.3. The van der Waals surface area contributed by atoms with E-state index in [1.165, 1.54) is 10.4 Å². The van der Waals surface area contributed by atoms with Crippen molar-refractivity contribution in [2.45, 2.75) is 57.0 Å². The lowest BCUT2D eigenvalue weighted by Gasteiger charge is -2.46. The molecule has 5 rings (SSSR count). The molecule has 0 radical (unpaired) electrons. The normalized spacial score (nSPS) is 20.9. The number of hydrogen-bond donors (Lipinski definition) is 1. The number of rotatable bonds is 9. The number of carbonyl (C=O) groups is 1. The zero-order valence-electron chi connectivity index (χ0n) is 25.0.